The Morgan fingerprint density at radius 1 is 1.19 bits per heavy atom. The van der Waals surface area contributed by atoms with Crippen LogP contribution in [0.25, 0.3) is 5.69 Å². The van der Waals surface area contributed by atoms with Gasteiger partial charge in [-0.3, -0.25) is 0 Å². The van der Waals surface area contributed by atoms with Crippen LogP contribution in [0.15, 0.2) is 36.5 Å². The van der Waals surface area contributed by atoms with Crippen molar-refractivity contribution in [2.45, 2.75) is 6.61 Å². The molecule has 0 fully saturated rings. The largest absolute Gasteiger partial charge is 0.435 e. The van der Waals surface area contributed by atoms with Gasteiger partial charge >= 0.3 is 6.61 Å². The predicted octanol–water partition coefficient (Wildman–Crippen LogP) is 2.06. The van der Waals surface area contributed by atoms with E-state index in [1.165, 1.54) is 12.1 Å². The number of anilines is 1. The third-order valence-corrected chi connectivity index (χ3v) is 1.94. The fourth-order valence-corrected chi connectivity index (χ4v) is 1.26. The van der Waals surface area contributed by atoms with Gasteiger partial charge in [0.1, 0.15) is 11.6 Å². The van der Waals surface area contributed by atoms with Crippen molar-refractivity contribution in [1.82, 2.24) is 9.78 Å². The first kappa shape index (κ1) is 10.4. The topological polar surface area (TPSA) is 53.1 Å². The standard InChI is InChI=1S/C10H9F2N3O/c11-10(12)16-8-3-1-7(2-4-8)15-6-5-9(13)14-15/h1-6,10H,(H2,13,14). The van der Waals surface area contributed by atoms with Crippen molar-refractivity contribution in [2.75, 3.05) is 5.73 Å². The predicted molar refractivity (Wildman–Crippen MR) is 54.6 cm³/mol. The summed E-state index contributed by atoms with van der Waals surface area (Å²) in [4.78, 5) is 0. The lowest BCUT2D eigenvalue weighted by atomic mass is 10.3. The summed E-state index contributed by atoms with van der Waals surface area (Å²) >= 11 is 0. The molecule has 2 rings (SSSR count). The number of ether oxygens (including phenoxy) is 1. The molecule has 6 heteroatoms. The molecule has 1 aromatic heterocycles. The van der Waals surface area contributed by atoms with E-state index < -0.39 is 6.61 Å². The second kappa shape index (κ2) is 4.18. The maximum atomic E-state index is 11.9. The van der Waals surface area contributed by atoms with Crippen LogP contribution in [0.2, 0.25) is 0 Å². The third-order valence-electron chi connectivity index (χ3n) is 1.94. The first-order valence-electron chi connectivity index (χ1n) is 4.51. The molecule has 0 spiro atoms. The van der Waals surface area contributed by atoms with Gasteiger partial charge in [0.15, 0.2) is 0 Å². The van der Waals surface area contributed by atoms with E-state index in [0.29, 0.717) is 5.82 Å². The molecule has 0 unspecified atom stereocenters. The lowest BCUT2D eigenvalue weighted by Gasteiger charge is -2.05. The summed E-state index contributed by atoms with van der Waals surface area (Å²) in [5.41, 5.74) is 6.18. The lowest BCUT2D eigenvalue weighted by Crippen LogP contribution is -2.02. The molecule has 0 aliphatic carbocycles. The lowest BCUT2D eigenvalue weighted by molar-refractivity contribution is -0.0498. The molecule has 0 bridgehead atoms. The number of hydrogen-bond acceptors (Lipinski definition) is 3. The fourth-order valence-electron chi connectivity index (χ4n) is 1.26. The maximum absolute atomic E-state index is 11.9. The van der Waals surface area contributed by atoms with Crippen LogP contribution in [0.5, 0.6) is 5.75 Å². The van der Waals surface area contributed by atoms with Crippen molar-refractivity contribution in [2.24, 2.45) is 0 Å². The Labute approximate surface area is 90.2 Å². The monoisotopic (exact) mass is 225 g/mol. The summed E-state index contributed by atoms with van der Waals surface area (Å²) in [5, 5.41) is 3.98. The molecular weight excluding hydrogens is 216 g/mol. The third kappa shape index (κ3) is 2.28. The maximum Gasteiger partial charge on any atom is 0.387 e. The number of aromatic nitrogens is 2. The van der Waals surface area contributed by atoms with Crippen LogP contribution in [-0.2, 0) is 0 Å². The zero-order chi connectivity index (χ0) is 11.5. The number of hydrogen-bond donors (Lipinski definition) is 1. The summed E-state index contributed by atoms with van der Waals surface area (Å²) < 4.78 is 29.5. The van der Waals surface area contributed by atoms with Gasteiger partial charge < -0.3 is 10.5 Å². The van der Waals surface area contributed by atoms with E-state index in [0.717, 1.165) is 5.69 Å². The highest BCUT2D eigenvalue weighted by molar-refractivity contribution is 5.38. The van der Waals surface area contributed by atoms with E-state index >= 15 is 0 Å². The molecule has 16 heavy (non-hydrogen) atoms. The molecule has 0 saturated heterocycles. The highest BCUT2D eigenvalue weighted by atomic mass is 19.3. The van der Waals surface area contributed by atoms with Crippen LogP contribution in [0.4, 0.5) is 14.6 Å². The van der Waals surface area contributed by atoms with Gasteiger partial charge in [0.25, 0.3) is 0 Å². The molecule has 0 aliphatic heterocycles. The van der Waals surface area contributed by atoms with E-state index in [4.69, 9.17) is 5.73 Å². The molecule has 4 nitrogen and oxygen atoms in total. The number of rotatable bonds is 3. The smallest absolute Gasteiger partial charge is 0.387 e. The Morgan fingerprint density at radius 2 is 1.88 bits per heavy atom. The van der Waals surface area contributed by atoms with Gasteiger partial charge in [-0.2, -0.15) is 13.9 Å². The van der Waals surface area contributed by atoms with Crippen LogP contribution >= 0.6 is 0 Å². The molecule has 0 aliphatic rings. The summed E-state index contributed by atoms with van der Waals surface area (Å²) in [5.74, 6) is 0.506. The van der Waals surface area contributed by atoms with Crippen molar-refractivity contribution in [3.8, 4) is 11.4 Å². The van der Waals surface area contributed by atoms with Gasteiger partial charge in [0.05, 0.1) is 5.69 Å². The number of nitrogens with two attached hydrogens (primary N) is 1. The van der Waals surface area contributed by atoms with Crippen molar-refractivity contribution in [3.05, 3.63) is 36.5 Å². The summed E-state index contributed by atoms with van der Waals surface area (Å²) in [7, 11) is 0. The van der Waals surface area contributed by atoms with Gasteiger partial charge in [0.2, 0.25) is 0 Å². The number of halogens is 2. The van der Waals surface area contributed by atoms with E-state index in [-0.39, 0.29) is 5.75 Å². The number of nitrogen functional groups attached to an aromatic ring is 1. The molecule has 0 atom stereocenters. The van der Waals surface area contributed by atoms with Crippen LogP contribution in [0.3, 0.4) is 0 Å². The molecule has 2 aromatic rings. The van der Waals surface area contributed by atoms with Crippen LogP contribution in [0, 0.1) is 0 Å². The van der Waals surface area contributed by atoms with Crippen molar-refractivity contribution in [3.63, 3.8) is 0 Å². The highest BCUT2D eigenvalue weighted by Crippen LogP contribution is 2.17. The molecular formula is C10H9F2N3O. The molecule has 1 aromatic carbocycles. The molecule has 84 valence electrons. The fraction of sp³-hybridized carbons (Fsp3) is 0.100. The van der Waals surface area contributed by atoms with Gasteiger partial charge in [-0.05, 0) is 24.3 Å². The number of nitrogens with zero attached hydrogens (tertiary/aromatic N) is 2. The second-order valence-electron chi connectivity index (χ2n) is 3.06. The molecule has 1 heterocycles. The second-order valence-corrected chi connectivity index (χ2v) is 3.06. The van der Waals surface area contributed by atoms with Crippen LogP contribution in [-0.4, -0.2) is 16.4 Å². The van der Waals surface area contributed by atoms with Crippen molar-refractivity contribution in [1.29, 1.82) is 0 Å². The Hall–Kier alpha value is -2.11. The Bertz CT molecular complexity index is 467. The summed E-state index contributed by atoms with van der Waals surface area (Å²) in [6, 6.07) is 7.76. The Balaban J connectivity index is 2.19. The zero-order valence-corrected chi connectivity index (χ0v) is 8.18. The summed E-state index contributed by atoms with van der Waals surface area (Å²) in [6.45, 7) is -2.81. The molecule has 0 saturated carbocycles. The van der Waals surface area contributed by atoms with Gasteiger partial charge in [-0.15, -0.1) is 0 Å². The molecule has 2 N–H and O–H groups in total. The first-order chi connectivity index (χ1) is 7.65. The Kier molecular flexibility index (Phi) is 2.72. The Morgan fingerprint density at radius 3 is 2.38 bits per heavy atom. The first-order valence-corrected chi connectivity index (χ1v) is 4.51. The number of alkyl halides is 2. The minimum atomic E-state index is -2.81. The average Bonchev–Trinajstić information content (AvgIpc) is 2.65. The van der Waals surface area contributed by atoms with Gasteiger partial charge in [0, 0.05) is 12.3 Å². The van der Waals surface area contributed by atoms with Crippen molar-refractivity contribution >= 4 is 5.82 Å². The minimum absolute atomic E-state index is 0.110. The average molecular weight is 225 g/mol. The highest BCUT2D eigenvalue weighted by Gasteiger charge is 2.04. The SMILES string of the molecule is Nc1ccn(-c2ccc(OC(F)F)cc2)n1. The molecule has 0 radical (unpaired) electrons. The van der Waals surface area contributed by atoms with E-state index in [1.54, 1.807) is 29.1 Å². The number of benzene rings is 1. The quantitative estimate of drug-likeness (QED) is 0.869. The minimum Gasteiger partial charge on any atom is -0.435 e. The molecule has 0 amide bonds. The van der Waals surface area contributed by atoms with Crippen LogP contribution in [0.1, 0.15) is 0 Å². The van der Waals surface area contributed by atoms with Gasteiger partial charge in [-0.25, -0.2) is 4.68 Å². The van der Waals surface area contributed by atoms with E-state index in [1.807, 2.05) is 0 Å². The zero-order valence-electron chi connectivity index (χ0n) is 8.18. The van der Waals surface area contributed by atoms with E-state index in [2.05, 4.69) is 9.84 Å². The van der Waals surface area contributed by atoms with Crippen molar-refractivity contribution < 1.29 is 13.5 Å². The van der Waals surface area contributed by atoms with Gasteiger partial charge in [-0.1, -0.05) is 0 Å². The van der Waals surface area contributed by atoms with E-state index in [9.17, 15) is 8.78 Å². The van der Waals surface area contributed by atoms with Crippen LogP contribution < -0.4 is 10.5 Å². The summed E-state index contributed by atoms with van der Waals surface area (Å²) in [6.07, 6.45) is 1.68. The normalized spacial score (nSPS) is 10.7.